The minimum atomic E-state index is 0.511. The minimum Gasteiger partial charge on any atom is -0.408 e. The largest absolute Gasteiger partial charge is 0.408 e. The Morgan fingerprint density at radius 3 is 3.20 bits per heavy atom. The van der Waals surface area contributed by atoms with Crippen molar-refractivity contribution in [2.45, 2.75) is 6.92 Å². The molecule has 0 saturated carbocycles. The second kappa shape index (κ2) is 3.06. The van der Waals surface area contributed by atoms with Gasteiger partial charge >= 0.3 is 0 Å². The van der Waals surface area contributed by atoms with Gasteiger partial charge in [-0.05, 0) is 6.92 Å². The van der Waals surface area contributed by atoms with Crippen molar-refractivity contribution in [1.82, 2.24) is 9.71 Å². The van der Waals surface area contributed by atoms with Gasteiger partial charge in [0.1, 0.15) is 12.4 Å². The third-order valence-corrected chi connectivity index (χ3v) is 1.11. The van der Waals surface area contributed by atoms with Crippen molar-refractivity contribution in [1.29, 1.82) is 0 Å². The van der Waals surface area contributed by atoms with Crippen LogP contribution in [0.15, 0.2) is 25.0 Å². The van der Waals surface area contributed by atoms with E-state index in [0.717, 1.165) is 5.82 Å². The van der Waals surface area contributed by atoms with Gasteiger partial charge in [-0.15, -0.1) is 0 Å². The maximum Gasteiger partial charge on any atom is 0.141 e. The topological polar surface area (TPSA) is 27.1 Å². The van der Waals surface area contributed by atoms with E-state index in [4.69, 9.17) is 4.84 Å². The van der Waals surface area contributed by atoms with Crippen LogP contribution < -0.4 is 4.84 Å². The van der Waals surface area contributed by atoms with Crippen LogP contribution >= 0.6 is 0 Å². The number of imidazole rings is 1. The standard InChI is InChI=1S/C7H10N2O/c1-3-6-10-9-5-4-8-7(9)2/h3-5H,1,6H2,2H3. The first kappa shape index (κ1) is 6.86. The summed E-state index contributed by atoms with van der Waals surface area (Å²) in [6.07, 6.45) is 5.15. The molecule has 1 aromatic rings. The van der Waals surface area contributed by atoms with E-state index in [0.29, 0.717) is 6.61 Å². The third kappa shape index (κ3) is 1.37. The Labute approximate surface area is 59.9 Å². The smallest absolute Gasteiger partial charge is 0.141 e. The molecule has 1 aromatic heterocycles. The van der Waals surface area contributed by atoms with E-state index in [1.807, 2.05) is 6.92 Å². The zero-order valence-corrected chi connectivity index (χ0v) is 5.95. The maximum absolute atomic E-state index is 5.16. The number of nitrogens with zero attached hydrogens (tertiary/aromatic N) is 2. The van der Waals surface area contributed by atoms with Gasteiger partial charge in [-0.3, -0.25) is 0 Å². The number of aromatic nitrogens is 2. The van der Waals surface area contributed by atoms with E-state index in [1.165, 1.54) is 0 Å². The van der Waals surface area contributed by atoms with Crippen LogP contribution in [0, 0.1) is 6.92 Å². The summed E-state index contributed by atoms with van der Waals surface area (Å²) in [7, 11) is 0. The van der Waals surface area contributed by atoms with Crippen molar-refractivity contribution < 1.29 is 4.84 Å². The lowest BCUT2D eigenvalue weighted by Crippen LogP contribution is -2.11. The first-order valence-electron chi connectivity index (χ1n) is 3.08. The highest BCUT2D eigenvalue weighted by atomic mass is 16.7. The molecule has 1 heterocycles. The summed E-state index contributed by atoms with van der Waals surface area (Å²) in [5, 5.41) is 0. The van der Waals surface area contributed by atoms with E-state index in [-0.39, 0.29) is 0 Å². The Balaban J connectivity index is 2.56. The van der Waals surface area contributed by atoms with Crippen LogP contribution in [0.25, 0.3) is 0 Å². The Morgan fingerprint density at radius 2 is 2.70 bits per heavy atom. The summed E-state index contributed by atoms with van der Waals surface area (Å²) >= 11 is 0. The van der Waals surface area contributed by atoms with Gasteiger partial charge in [-0.1, -0.05) is 12.7 Å². The highest BCUT2D eigenvalue weighted by molar-refractivity contribution is 4.85. The molecule has 0 bridgehead atoms. The molecular weight excluding hydrogens is 128 g/mol. The van der Waals surface area contributed by atoms with Crippen molar-refractivity contribution in [3.05, 3.63) is 30.9 Å². The molecule has 54 valence electrons. The maximum atomic E-state index is 5.16. The van der Waals surface area contributed by atoms with E-state index >= 15 is 0 Å². The lowest BCUT2D eigenvalue weighted by atomic mass is 10.7. The molecule has 1 rings (SSSR count). The van der Waals surface area contributed by atoms with Gasteiger partial charge in [0.25, 0.3) is 0 Å². The van der Waals surface area contributed by atoms with Crippen LogP contribution in [-0.2, 0) is 0 Å². The fourth-order valence-electron chi connectivity index (χ4n) is 0.636. The van der Waals surface area contributed by atoms with Gasteiger partial charge in [-0.25, -0.2) is 4.98 Å². The third-order valence-electron chi connectivity index (χ3n) is 1.11. The molecule has 0 aliphatic rings. The number of aryl methyl sites for hydroxylation is 1. The highest BCUT2D eigenvalue weighted by Crippen LogP contribution is 1.89. The van der Waals surface area contributed by atoms with Crippen molar-refractivity contribution in [2.75, 3.05) is 6.61 Å². The van der Waals surface area contributed by atoms with Gasteiger partial charge in [0.15, 0.2) is 0 Å². The average molecular weight is 138 g/mol. The monoisotopic (exact) mass is 138 g/mol. The van der Waals surface area contributed by atoms with Crippen LogP contribution in [-0.4, -0.2) is 16.3 Å². The normalized spacial score (nSPS) is 9.30. The van der Waals surface area contributed by atoms with Gasteiger partial charge in [-0.2, -0.15) is 4.73 Å². The van der Waals surface area contributed by atoms with Gasteiger partial charge in [0.05, 0.1) is 6.20 Å². The number of hydrogen-bond donors (Lipinski definition) is 0. The molecule has 0 atom stereocenters. The zero-order valence-electron chi connectivity index (χ0n) is 5.95. The summed E-state index contributed by atoms with van der Waals surface area (Å²) in [4.78, 5) is 9.14. The lowest BCUT2D eigenvalue weighted by molar-refractivity contribution is 0.129. The molecule has 0 spiro atoms. The summed E-state index contributed by atoms with van der Waals surface area (Å²) in [5.74, 6) is 0.849. The van der Waals surface area contributed by atoms with Gasteiger partial charge in [0.2, 0.25) is 0 Å². The molecule has 0 radical (unpaired) electrons. The highest BCUT2D eigenvalue weighted by Gasteiger charge is 1.92. The summed E-state index contributed by atoms with van der Waals surface area (Å²) in [6.45, 7) is 5.92. The lowest BCUT2D eigenvalue weighted by Gasteiger charge is -2.03. The van der Waals surface area contributed by atoms with Crippen LogP contribution in [0.2, 0.25) is 0 Å². The van der Waals surface area contributed by atoms with E-state index < -0.39 is 0 Å². The van der Waals surface area contributed by atoms with Crippen LogP contribution in [0.4, 0.5) is 0 Å². The molecule has 10 heavy (non-hydrogen) atoms. The number of hydrogen-bond acceptors (Lipinski definition) is 2. The molecule has 0 N–H and O–H groups in total. The molecule has 0 fully saturated rings. The molecule has 0 amide bonds. The molecule has 3 heteroatoms. The van der Waals surface area contributed by atoms with E-state index in [1.54, 1.807) is 23.2 Å². The molecular formula is C7H10N2O. The van der Waals surface area contributed by atoms with E-state index in [2.05, 4.69) is 11.6 Å². The first-order chi connectivity index (χ1) is 4.84. The van der Waals surface area contributed by atoms with E-state index in [9.17, 15) is 0 Å². The minimum absolute atomic E-state index is 0.511. The molecule has 0 unspecified atom stereocenters. The van der Waals surface area contributed by atoms with Gasteiger partial charge < -0.3 is 4.84 Å². The summed E-state index contributed by atoms with van der Waals surface area (Å²) < 4.78 is 1.61. The molecule has 0 aliphatic carbocycles. The fourth-order valence-corrected chi connectivity index (χ4v) is 0.636. The Morgan fingerprint density at radius 1 is 1.90 bits per heavy atom. The molecule has 3 nitrogen and oxygen atoms in total. The van der Waals surface area contributed by atoms with Crippen molar-refractivity contribution in [2.24, 2.45) is 0 Å². The van der Waals surface area contributed by atoms with Crippen molar-refractivity contribution in [3.63, 3.8) is 0 Å². The second-order valence-corrected chi connectivity index (χ2v) is 1.88. The quantitative estimate of drug-likeness (QED) is 0.578. The van der Waals surface area contributed by atoms with Crippen molar-refractivity contribution in [3.8, 4) is 0 Å². The fraction of sp³-hybridized carbons (Fsp3) is 0.286. The van der Waals surface area contributed by atoms with Crippen molar-refractivity contribution >= 4 is 0 Å². The molecule has 0 saturated heterocycles. The first-order valence-corrected chi connectivity index (χ1v) is 3.08. The molecule has 0 aliphatic heterocycles. The summed E-state index contributed by atoms with van der Waals surface area (Å²) in [6, 6.07) is 0. The zero-order chi connectivity index (χ0) is 7.40. The van der Waals surface area contributed by atoms with Crippen LogP contribution in [0.3, 0.4) is 0 Å². The predicted molar refractivity (Wildman–Crippen MR) is 38.6 cm³/mol. The predicted octanol–water partition coefficient (Wildman–Crippen LogP) is 0.806. The van der Waals surface area contributed by atoms with Crippen LogP contribution in [0.1, 0.15) is 5.82 Å². The Bertz CT molecular complexity index is 217. The Kier molecular flexibility index (Phi) is 2.10. The SMILES string of the molecule is C=CCOn1ccnc1C. The van der Waals surface area contributed by atoms with Crippen LogP contribution in [0.5, 0.6) is 0 Å². The van der Waals surface area contributed by atoms with Gasteiger partial charge in [0, 0.05) is 6.20 Å². The Hall–Kier alpha value is -1.25. The second-order valence-electron chi connectivity index (χ2n) is 1.88. The number of rotatable bonds is 3. The summed E-state index contributed by atoms with van der Waals surface area (Å²) in [5.41, 5.74) is 0. The average Bonchev–Trinajstić information content (AvgIpc) is 2.31. The molecule has 0 aromatic carbocycles.